The summed E-state index contributed by atoms with van der Waals surface area (Å²) in [5.41, 5.74) is 0.315. The molecule has 2 heterocycles. The summed E-state index contributed by atoms with van der Waals surface area (Å²) in [5, 5.41) is 4.08. The van der Waals surface area contributed by atoms with Crippen molar-refractivity contribution in [1.82, 2.24) is 19.6 Å². The molecule has 142 valence electrons. The van der Waals surface area contributed by atoms with Gasteiger partial charge in [0.15, 0.2) is 0 Å². The van der Waals surface area contributed by atoms with Gasteiger partial charge in [-0.15, -0.1) is 0 Å². The van der Waals surface area contributed by atoms with E-state index in [1.807, 2.05) is 0 Å². The standard InChI is InChI=1S/C18H16ClF3N4O/c1-27-11-6-12(21)14(13(22)7-11)15-16(9-2-4-10(20)5-3-9)26-18(23-8-24-26)25-17(15)19/h6-10H,2-5H2,1H3/t9-,10-. The van der Waals surface area contributed by atoms with Crippen LogP contribution in [-0.2, 0) is 0 Å². The quantitative estimate of drug-likeness (QED) is 0.601. The summed E-state index contributed by atoms with van der Waals surface area (Å²) < 4.78 is 49.6. The highest BCUT2D eigenvalue weighted by Crippen LogP contribution is 2.43. The van der Waals surface area contributed by atoms with E-state index in [1.54, 1.807) is 0 Å². The molecule has 0 spiro atoms. The number of hydrogen-bond donors (Lipinski definition) is 0. The average molecular weight is 397 g/mol. The number of rotatable bonds is 3. The monoisotopic (exact) mass is 396 g/mol. The first-order valence-corrected chi connectivity index (χ1v) is 8.94. The Labute approximate surface area is 158 Å². The average Bonchev–Trinajstić information content (AvgIpc) is 3.10. The molecule has 0 bridgehead atoms. The number of methoxy groups -OCH3 is 1. The van der Waals surface area contributed by atoms with Gasteiger partial charge in [-0.3, -0.25) is 0 Å². The lowest BCUT2D eigenvalue weighted by atomic mass is 9.83. The second kappa shape index (κ2) is 6.99. The number of fused-ring (bicyclic) bond motifs is 1. The van der Waals surface area contributed by atoms with Crippen molar-refractivity contribution in [3.8, 4) is 16.9 Å². The fourth-order valence-corrected chi connectivity index (χ4v) is 3.94. The van der Waals surface area contributed by atoms with Gasteiger partial charge in [0.2, 0.25) is 0 Å². The van der Waals surface area contributed by atoms with E-state index in [2.05, 4.69) is 15.1 Å². The van der Waals surface area contributed by atoms with E-state index in [4.69, 9.17) is 16.3 Å². The van der Waals surface area contributed by atoms with Crippen molar-refractivity contribution >= 4 is 17.4 Å². The van der Waals surface area contributed by atoms with Gasteiger partial charge in [-0.1, -0.05) is 11.6 Å². The fraction of sp³-hybridized carbons (Fsp3) is 0.389. The molecule has 27 heavy (non-hydrogen) atoms. The first kappa shape index (κ1) is 18.0. The Hall–Kier alpha value is -2.35. The lowest BCUT2D eigenvalue weighted by Gasteiger charge is -2.27. The Morgan fingerprint density at radius 2 is 1.78 bits per heavy atom. The first-order chi connectivity index (χ1) is 13.0. The van der Waals surface area contributed by atoms with Crippen molar-refractivity contribution in [3.05, 3.63) is 40.9 Å². The number of benzene rings is 1. The predicted octanol–water partition coefficient (Wildman–Crippen LogP) is 4.73. The van der Waals surface area contributed by atoms with Crippen LogP contribution in [0.5, 0.6) is 5.75 Å². The molecular weight excluding hydrogens is 381 g/mol. The molecule has 1 aliphatic carbocycles. The zero-order chi connectivity index (χ0) is 19.1. The van der Waals surface area contributed by atoms with E-state index >= 15 is 0 Å². The van der Waals surface area contributed by atoms with Gasteiger partial charge < -0.3 is 4.74 Å². The van der Waals surface area contributed by atoms with E-state index in [1.165, 1.54) is 18.0 Å². The normalized spacial score (nSPS) is 20.2. The first-order valence-electron chi connectivity index (χ1n) is 8.56. The highest BCUT2D eigenvalue weighted by Gasteiger charge is 2.31. The molecule has 1 fully saturated rings. The van der Waals surface area contributed by atoms with Crippen LogP contribution in [-0.4, -0.2) is 32.9 Å². The van der Waals surface area contributed by atoms with Crippen molar-refractivity contribution in [1.29, 1.82) is 0 Å². The van der Waals surface area contributed by atoms with Crippen LogP contribution >= 0.6 is 11.6 Å². The maximum absolute atomic E-state index is 14.8. The molecule has 4 rings (SSSR count). The molecule has 1 aromatic carbocycles. The van der Waals surface area contributed by atoms with Crippen LogP contribution in [0.15, 0.2) is 18.5 Å². The van der Waals surface area contributed by atoms with Crippen LogP contribution < -0.4 is 4.74 Å². The smallest absolute Gasteiger partial charge is 0.253 e. The van der Waals surface area contributed by atoms with Gasteiger partial charge in [0.1, 0.15) is 35.0 Å². The Morgan fingerprint density at radius 3 is 2.41 bits per heavy atom. The van der Waals surface area contributed by atoms with E-state index in [0.29, 0.717) is 31.4 Å². The van der Waals surface area contributed by atoms with Crippen molar-refractivity contribution < 1.29 is 17.9 Å². The topological polar surface area (TPSA) is 52.3 Å². The largest absolute Gasteiger partial charge is 0.497 e. The zero-order valence-corrected chi connectivity index (χ0v) is 15.2. The third-order valence-corrected chi connectivity index (χ3v) is 5.24. The van der Waals surface area contributed by atoms with Crippen LogP contribution in [0.3, 0.4) is 0 Å². The third-order valence-electron chi connectivity index (χ3n) is 4.96. The maximum Gasteiger partial charge on any atom is 0.253 e. The van der Waals surface area contributed by atoms with E-state index < -0.39 is 17.8 Å². The molecule has 0 aliphatic heterocycles. The molecule has 0 atom stereocenters. The van der Waals surface area contributed by atoms with Gasteiger partial charge >= 0.3 is 0 Å². The lowest BCUT2D eigenvalue weighted by Crippen LogP contribution is -2.18. The summed E-state index contributed by atoms with van der Waals surface area (Å²) in [6.07, 6.45) is 2.20. The zero-order valence-electron chi connectivity index (χ0n) is 14.4. The highest BCUT2D eigenvalue weighted by molar-refractivity contribution is 6.32. The molecular formula is C18H16ClF3N4O. The van der Waals surface area contributed by atoms with Crippen LogP contribution in [0.2, 0.25) is 5.15 Å². The molecule has 0 amide bonds. The van der Waals surface area contributed by atoms with Crippen molar-refractivity contribution in [3.63, 3.8) is 0 Å². The number of halogens is 4. The summed E-state index contributed by atoms with van der Waals surface area (Å²) in [7, 11) is 1.32. The Kier molecular flexibility index (Phi) is 4.67. The molecule has 5 nitrogen and oxygen atoms in total. The van der Waals surface area contributed by atoms with Crippen LogP contribution in [0.25, 0.3) is 16.9 Å². The van der Waals surface area contributed by atoms with Gasteiger partial charge in [0.05, 0.1) is 18.4 Å². The predicted molar refractivity (Wildman–Crippen MR) is 93.8 cm³/mol. The summed E-state index contributed by atoms with van der Waals surface area (Å²) in [6.45, 7) is 0. The van der Waals surface area contributed by atoms with Gasteiger partial charge in [0.25, 0.3) is 5.78 Å². The van der Waals surface area contributed by atoms with Gasteiger partial charge in [-0.25, -0.2) is 17.7 Å². The van der Waals surface area contributed by atoms with Crippen molar-refractivity contribution in [2.24, 2.45) is 0 Å². The third kappa shape index (κ3) is 3.12. The second-order valence-electron chi connectivity index (χ2n) is 6.55. The Bertz CT molecular complexity index is 979. The second-order valence-corrected chi connectivity index (χ2v) is 6.91. The number of nitrogens with zero attached hydrogens (tertiary/aromatic N) is 4. The molecule has 9 heteroatoms. The molecule has 3 aromatic rings. The highest BCUT2D eigenvalue weighted by atomic mass is 35.5. The van der Waals surface area contributed by atoms with Crippen LogP contribution in [0.1, 0.15) is 37.3 Å². The minimum Gasteiger partial charge on any atom is -0.497 e. The van der Waals surface area contributed by atoms with E-state index in [9.17, 15) is 13.2 Å². The summed E-state index contributed by atoms with van der Waals surface area (Å²) >= 11 is 6.33. The van der Waals surface area contributed by atoms with E-state index in [0.717, 1.165) is 12.1 Å². The lowest BCUT2D eigenvalue weighted by molar-refractivity contribution is 0.233. The maximum atomic E-state index is 14.8. The Balaban J connectivity index is 1.98. The van der Waals surface area contributed by atoms with E-state index in [-0.39, 0.29) is 33.7 Å². The van der Waals surface area contributed by atoms with Crippen LogP contribution in [0, 0.1) is 11.6 Å². The number of ether oxygens (including phenoxy) is 1. The minimum atomic E-state index is -0.872. The molecule has 2 aromatic heterocycles. The molecule has 1 aliphatic rings. The number of hydrogen-bond acceptors (Lipinski definition) is 4. The van der Waals surface area contributed by atoms with Gasteiger partial charge in [-0.2, -0.15) is 15.1 Å². The fourth-order valence-electron chi connectivity index (χ4n) is 3.68. The SMILES string of the molecule is COc1cc(F)c(-c2c(Cl)nc3ncnn3c2[C@H]2CC[C@H](F)CC2)c(F)c1. The van der Waals surface area contributed by atoms with Gasteiger partial charge in [-0.05, 0) is 25.7 Å². The van der Waals surface area contributed by atoms with Crippen molar-refractivity contribution in [2.75, 3.05) is 7.11 Å². The molecule has 0 radical (unpaired) electrons. The van der Waals surface area contributed by atoms with Crippen molar-refractivity contribution in [2.45, 2.75) is 37.8 Å². The summed E-state index contributed by atoms with van der Waals surface area (Å²) in [5.74, 6) is -1.53. The minimum absolute atomic E-state index is 0.0548. The molecule has 0 unspecified atom stereocenters. The summed E-state index contributed by atoms with van der Waals surface area (Å²) in [6, 6.07) is 2.17. The number of alkyl halides is 1. The molecule has 0 N–H and O–H groups in total. The van der Waals surface area contributed by atoms with Gasteiger partial charge in [0, 0.05) is 23.6 Å². The number of aromatic nitrogens is 4. The molecule has 1 saturated carbocycles. The molecule has 0 saturated heterocycles. The summed E-state index contributed by atoms with van der Waals surface area (Å²) in [4.78, 5) is 8.16. The van der Waals surface area contributed by atoms with Crippen LogP contribution in [0.4, 0.5) is 13.2 Å². The Morgan fingerprint density at radius 1 is 1.11 bits per heavy atom.